The van der Waals surface area contributed by atoms with Gasteiger partial charge in [0.05, 0.1) is 0 Å². The van der Waals surface area contributed by atoms with Crippen molar-refractivity contribution in [3.8, 4) is 0 Å². The first-order valence-electron chi connectivity index (χ1n) is 5.20. The molecule has 1 aromatic heterocycles. The van der Waals surface area contributed by atoms with E-state index >= 15 is 0 Å². The lowest BCUT2D eigenvalue weighted by Crippen LogP contribution is -2.13. The Morgan fingerprint density at radius 3 is 2.44 bits per heavy atom. The molecule has 0 aliphatic rings. The monoisotopic (exact) mass is 258 g/mol. The van der Waals surface area contributed by atoms with Gasteiger partial charge in [0.15, 0.2) is 0 Å². The Morgan fingerprint density at radius 2 is 1.89 bits per heavy atom. The second-order valence-corrected chi connectivity index (χ2v) is 3.84. The van der Waals surface area contributed by atoms with Gasteiger partial charge in [-0.25, -0.2) is 9.37 Å². The third-order valence-corrected chi connectivity index (χ3v) is 2.73. The Labute approximate surface area is 101 Å². The summed E-state index contributed by atoms with van der Waals surface area (Å²) in [6.07, 6.45) is -4.61. The predicted molar refractivity (Wildman–Crippen MR) is 61.0 cm³/mol. The molecule has 0 aliphatic carbocycles. The molecule has 0 amide bonds. The molecule has 0 aliphatic heterocycles. The van der Waals surface area contributed by atoms with Crippen molar-refractivity contribution >= 4 is 16.6 Å². The molecule has 1 heterocycles. The Balaban J connectivity index is 2.92. The fourth-order valence-electron chi connectivity index (χ4n) is 1.94. The Hall–Kier alpha value is -1.85. The Morgan fingerprint density at radius 1 is 1.22 bits per heavy atom. The van der Waals surface area contributed by atoms with Crippen LogP contribution in [0.2, 0.25) is 0 Å². The zero-order valence-corrected chi connectivity index (χ0v) is 9.69. The number of halogens is 4. The summed E-state index contributed by atoms with van der Waals surface area (Å²) in [5.41, 5.74) is -1.14. The molecule has 0 spiro atoms. The highest BCUT2D eigenvalue weighted by molar-refractivity contribution is 5.93. The molecule has 2 rings (SSSR count). The van der Waals surface area contributed by atoms with Gasteiger partial charge in [-0.3, -0.25) is 0 Å². The molecule has 96 valence electrons. The molecule has 0 atom stereocenters. The summed E-state index contributed by atoms with van der Waals surface area (Å²) in [4.78, 5) is 3.41. The van der Waals surface area contributed by atoms with Gasteiger partial charge in [-0.1, -0.05) is 12.1 Å². The molecule has 0 saturated heterocycles. The first-order chi connectivity index (χ1) is 8.36. The van der Waals surface area contributed by atoms with Gasteiger partial charge in [-0.15, -0.1) is 0 Å². The van der Waals surface area contributed by atoms with E-state index in [2.05, 4.69) is 10.3 Å². The van der Waals surface area contributed by atoms with Gasteiger partial charge >= 0.3 is 6.18 Å². The quantitative estimate of drug-likeness (QED) is 0.788. The maximum atomic E-state index is 13.5. The molecular weight excluding hydrogens is 248 g/mol. The van der Waals surface area contributed by atoms with Gasteiger partial charge in [-0.2, -0.15) is 13.2 Å². The smallest absolute Gasteiger partial charge is 0.387 e. The predicted octanol–water partition coefficient (Wildman–Crippen LogP) is 3.74. The van der Waals surface area contributed by atoms with Gasteiger partial charge < -0.3 is 5.32 Å². The highest BCUT2D eigenvalue weighted by Gasteiger charge is 2.36. The van der Waals surface area contributed by atoms with E-state index in [9.17, 15) is 17.6 Å². The second-order valence-electron chi connectivity index (χ2n) is 3.84. The first kappa shape index (κ1) is 12.6. The van der Waals surface area contributed by atoms with Crippen LogP contribution in [0, 0.1) is 12.7 Å². The highest BCUT2D eigenvalue weighted by Crippen LogP contribution is 2.37. The van der Waals surface area contributed by atoms with Crippen LogP contribution in [-0.2, 0) is 6.18 Å². The Bertz CT molecular complexity index is 605. The van der Waals surface area contributed by atoms with Gasteiger partial charge in [0.1, 0.15) is 17.0 Å². The highest BCUT2D eigenvalue weighted by atomic mass is 19.4. The van der Waals surface area contributed by atoms with Crippen LogP contribution >= 0.6 is 0 Å². The molecule has 18 heavy (non-hydrogen) atoms. The molecule has 0 unspecified atom stereocenters. The molecular formula is C12H10F4N2. The summed E-state index contributed by atoms with van der Waals surface area (Å²) in [5, 5.41) is 3.01. The maximum Gasteiger partial charge on any atom is 0.433 e. The van der Waals surface area contributed by atoms with Crippen LogP contribution in [0.25, 0.3) is 10.9 Å². The summed E-state index contributed by atoms with van der Waals surface area (Å²) in [5.74, 6) is -0.769. The number of alkyl halides is 3. The zero-order chi connectivity index (χ0) is 13.5. The summed E-state index contributed by atoms with van der Waals surface area (Å²) in [6, 6.07) is 4.06. The molecule has 0 fully saturated rings. The van der Waals surface area contributed by atoms with Gasteiger partial charge in [0.2, 0.25) is 0 Å². The first-order valence-corrected chi connectivity index (χ1v) is 5.20. The molecule has 6 heteroatoms. The van der Waals surface area contributed by atoms with Crippen LogP contribution in [0.1, 0.15) is 11.3 Å². The number of rotatable bonds is 1. The van der Waals surface area contributed by atoms with E-state index in [0.717, 1.165) is 6.07 Å². The number of hydrogen-bond donors (Lipinski definition) is 1. The average molecular weight is 258 g/mol. The van der Waals surface area contributed by atoms with Crippen LogP contribution in [0.3, 0.4) is 0 Å². The van der Waals surface area contributed by atoms with Crippen molar-refractivity contribution in [1.29, 1.82) is 0 Å². The molecule has 2 nitrogen and oxygen atoms in total. The van der Waals surface area contributed by atoms with Crippen LogP contribution in [0.5, 0.6) is 0 Å². The van der Waals surface area contributed by atoms with Crippen molar-refractivity contribution in [2.45, 2.75) is 13.1 Å². The van der Waals surface area contributed by atoms with Crippen LogP contribution < -0.4 is 5.32 Å². The van der Waals surface area contributed by atoms with Crippen LogP contribution in [-0.4, -0.2) is 12.0 Å². The average Bonchev–Trinajstić information content (AvgIpc) is 2.27. The molecule has 2 aromatic rings. The largest absolute Gasteiger partial charge is 0.433 e. The van der Waals surface area contributed by atoms with Gasteiger partial charge in [0.25, 0.3) is 0 Å². The summed E-state index contributed by atoms with van der Waals surface area (Å²) in [6.45, 7) is 1.31. The van der Waals surface area contributed by atoms with E-state index in [1.807, 2.05) is 0 Å². The molecule has 1 N–H and O–H groups in total. The molecule has 1 aromatic carbocycles. The van der Waals surface area contributed by atoms with E-state index in [0.29, 0.717) is 5.39 Å². The third kappa shape index (κ3) is 1.87. The minimum Gasteiger partial charge on any atom is -0.387 e. The number of hydrogen-bond acceptors (Lipinski definition) is 2. The minimum absolute atomic E-state index is 0.0388. The molecule has 0 bridgehead atoms. The van der Waals surface area contributed by atoms with Crippen LogP contribution in [0.15, 0.2) is 18.2 Å². The number of anilines is 1. The fraction of sp³-hybridized carbons (Fsp3) is 0.250. The number of para-hydroxylation sites is 1. The lowest BCUT2D eigenvalue weighted by atomic mass is 10.1. The van der Waals surface area contributed by atoms with Crippen molar-refractivity contribution in [1.82, 2.24) is 4.98 Å². The number of pyridine rings is 1. The van der Waals surface area contributed by atoms with Crippen molar-refractivity contribution in [2.24, 2.45) is 0 Å². The van der Waals surface area contributed by atoms with Gasteiger partial charge in [-0.05, 0) is 13.0 Å². The van der Waals surface area contributed by atoms with Crippen molar-refractivity contribution < 1.29 is 17.6 Å². The molecule has 0 radical (unpaired) electrons. The third-order valence-electron chi connectivity index (χ3n) is 2.73. The SMILES string of the molecule is CNc1c(C)c(C(F)(F)F)nc2c(F)cccc12. The number of benzene rings is 1. The Kier molecular flexibility index (Phi) is 2.88. The van der Waals surface area contributed by atoms with E-state index in [1.54, 1.807) is 0 Å². The number of nitrogens with zero attached hydrogens (tertiary/aromatic N) is 1. The van der Waals surface area contributed by atoms with Crippen molar-refractivity contribution in [2.75, 3.05) is 12.4 Å². The second kappa shape index (κ2) is 4.12. The standard InChI is InChI=1S/C12H10F4N2/c1-6-9(17-2)7-4-3-5-8(13)10(7)18-11(6)12(14,15)16/h3-5H,1-2H3,(H,17,18). The number of fused-ring (bicyclic) bond motifs is 1. The lowest BCUT2D eigenvalue weighted by Gasteiger charge is -2.15. The van der Waals surface area contributed by atoms with E-state index in [-0.39, 0.29) is 16.8 Å². The van der Waals surface area contributed by atoms with Gasteiger partial charge in [0, 0.05) is 23.7 Å². The summed E-state index contributed by atoms with van der Waals surface area (Å²) < 4.78 is 52.0. The number of nitrogens with one attached hydrogen (secondary N) is 1. The zero-order valence-electron chi connectivity index (χ0n) is 9.69. The summed E-state index contributed by atoms with van der Waals surface area (Å²) >= 11 is 0. The normalized spacial score (nSPS) is 11.9. The maximum absolute atomic E-state index is 13.5. The lowest BCUT2D eigenvalue weighted by molar-refractivity contribution is -0.141. The molecule has 0 saturated carbocycles. The van der Waals surface area contributed by atoms with E-state index in [1.165, 1.54) is 26.1 Å². The minimum atomic E-state index is -4.61. The van der Waals surface area contributed by atoms with E-state index in [4.69, 9.17) is 0 Å². The fourth-order valence-corrected chi connectivity index (χ4v) is 1.94. The van der Waals surface area contributed by atoms with Crippen LogP contribution in [0.4, 0.5) is 23.2 Å². The van der Waals surface area contributed by atoms with Crippen molar-refractivity contribution in [3.05, 3.63) is 35.3 Å². The van der Waals surface area contributed by atoms with E-state index < -0.39 is 17.7 Å². The van der Waals surface area contributed by atoms with Crippen molar-refractivity contribution in [3.63, 3.8) is 0 Å². The number of aromatic nitrogens is 1. The summed E-state index contributed by atoms with van der Waals surface area (Å²) in [7, 11) is 1.49. The topological polar surface area (TPSA) is 24.9 Å².